The summed E-state index contributed by atoms with van der Waals surface area (Å²) < 4.78 is 1.35. The van der Waals surface area contributed by atoms with Crippen LogP contribution in [0.5, 0.6) is 0 Å². The Morgan fingerprint density at radius 2 is 2.00 bits per heavy atom. The van der Waals surface area contributed by atoms with E-state index in [0.29, 0.717) is 24.2 Å². The Labute approximate surface area is 113 Å². The van der Waals surface area contributed by atoms with Crippen LogP contribution in [-0.4, -0.2) is 49.9 Å². The van der Waals surface area contributed by atoms with E-state index in [1.54, 1.807) is 0 Å². The van der Waals surface area contributed by atoms with E-state index in [1.807, 2.05) is 4.90 Å². The number of hydrogen-bond donors (Lipinski definition) is 1. The molecule has 0 spiro atoms. The van der Waals surface area contributed by atoms with E-state index in [-0.39, 0.29) is 6.03 Å². The van der Waals surface area contributed by atoms with Crippen LogP contribution in [0.2, 0.25) is 0 Å². The highest BCUT2D eigenvalue weighted by molar-refractivity contribution is 5.76. The highest BCUT2D eigenvalue weighted by atomic mass is 16.2. The zero-order valence-electron chi connectivity index (χ0n) is 11.5. The van der Waals surface area contributed by atoms with Crippen LogP contribution in [0.15, 0.2) is 12.7 Å². The predicted octanol–water partition coefficient (Wildman–Crippen LogP) is 1.24. The van der Waals surface area contributed by atoms with Crippen LogP contribution in [0.1, 0.15) is 39.5 Å². The van der Waals surface area contributed by atoms with Crippen molar-refractivity contribution in [3.05, 3.63) is 12.7 Å². The molecule has 1 N–H and O–H groups in total. The smallest absolute Gasteiger partial charge is 0.317 e. The van der Waals surface area contributed by atoms with Crippen LogP contribution >= 0.6 is 0 Å². The molecule has 2 aliphatic heterocycles. The SMILES string of the molecule is CC(C)NC1C[C@H]2CC[C@@H](C1)N2C(=O)n1cncn1. The molecule has 1 amide bonds. The molecule has 2 fully saturated rings. The maximum absolute atomic E-state index is 12.4. The third-order valence-corrected chi connectivity index (χ3v) is 4.14. The lowest BCUT2D eigenvalue weighted by atomic mass is 9.97. The van der Waals surface area contributed by atoms with Crippen LogP contribution in [0.25, 0.3) is 0 Å². The number of aromatic nitrogens is 3. The summed E-state index contributed by atoms with van der Waals surface area (Å²) in [6.07, 6.45) is 7.22. The molecule has 3 heterocycles. The van der Waals surface area contributed by atoms with Crippen molar-refractivity contribution >= 4 is 6.03 Å². The first-order valence-electron chi connectivity index (χ1n) is 7.08. The predicted molar refractivity (Wildman–Crippen MR) is 70.8 cm³/mol. The first kappa shape index (κ1) is 12.6. The number of nitrogens with zero attached hydrogens (tertiary/aromatic N) is 4. The number of rotatable bonds is 2. The van der Waals surface area contributed by atoms with E-state index in [9.17, 15) is 4.79 Å². The van der Waals surface area contributed by atoms with Gasteiger partial charge in [0.15, 0.2) is 0 Å². The minimum atomic E-state index is -0.0204. The van der Waals surface area contributed by atoms with Crippen LogP contribution in [0.4, 0.5) is 4.79 Å². The minimum Gasteiger partial charge on any atom is -0.317 e. The molecule has 0 radical (unpaired) electrons. The molecular formula is C13H21N5O. The molecule has 0 aromatic carbocycles. The molecule has 6 nitrogen and oxygen atoms in total. The zero-order valence-corrected chi connectivity index (χ0v) is 11.5. The first-order valence-corrected chi connectivity index (χ1v) is 7.08. The third-order valence-electron chi connectivity index (χ3n) is 4.14. The van der Waals surface area contributed by atoms with Gasteiger partial charge in [0.1, 0.15) is 12.7 Å². The summed E-state index contributed by atoms with van der Waals surface area (Å²) in [7, 11) is 0. The quantitative estimate of drug-likeness (QED) is 0.872. The van der Waals surface area contributed by atoms with Crippen molar-refractivity contribution in [2.45, 2.75) is 63.7 Å². The lowest BCUT2D eigenvalue weighted by Crippen LogP contribution is -2.53. The normalized spacial score (nSPS) is 30.1. The molecule has 104 valence electrons. The fourth-order valence-corrected chi connectivity index (χ4v) is 3.52. The summed E-state index contributed by atoms with van der Waals surface area (Å²) in [5, 5.41) is 7.56. The number of amides is 1. The van der Waals surface area contributed by atoms with Crippen molar-refractivity contribution in [3.63, 3.8) is 0 Å². The Morgan fingerprint density at radius 3 is 2.53 bits per heavy atom. The fraction of sp³-hybridized carbons (Fsp3) is 0.769. The average Bonchev–Trinajstić information content (AvgIpc) is 2.95. The Balaban J connectivity index is 1.71. The second-order valence-corrected chi connectivity index (χ2v) is 5.90. The van der Waals surface area contributed by atoms with Crippen molar-refractivity contribution in [2.75, 3.05) is 0 Å². The van der Waals surface area contributed by atoms with Gasteiger partial charge in [-0.15, -0.1) is 0 Å². The van der Waals surface area contributed by atoms with Gasteiger partial charge in [-0.05, 0) is 25.7 Å². The van der Waals surface area contributed by atoms with E-state index in [1.165, 1.54) is 17.3 Å². The van der Waals surface area contributed by atoms with Gasteiger partial charge < -0.3 is 10.2 Å². The van der Waals surface area contributed by atoms with E-state index in [2.05, 4.69) is 29.2 Å². The molecule has 0 saturated carbocycles. The maximum Gasteiger partial charge on any atom is 0.346 e. The second kappa shape index (κ2) is 4.92. The Kier molecular flexibility index (Phi) is 3.26. The highest BCUT2D eigenvalue weighted by Gasteiger charge is 2.43. The number of piperidine rings is 1. The van der Waals surface area contributed by atoms with Gasteiger partial charge in [-0.2, -0.15) is 9.78 Å². The average molecular weight is 263 g/mol. The summed E-state index contributed by atoms with van der Waals surface area (Å²) in [4.78, 5) is 18.3. The summed E-state index contributed by atoms with van der Waals surface area (Å²) >= 11 is 0. The number of fused-ring (bicyclic) bond motifs is 2. The summed E-state index contributed by atoms with van der Waals surface area (Å²) in [5.41, 5.74) is 0. The van der Waals surface area contributed by atoms with Crippen LogP contribution < -0.4 is 5.32 Å². The van der Waals surface area contributed by atoms with E-state index < -0.39 is 0 Å². The van der Waals surface area contributed by atoms with Crippen LogP contribution in [0, 0.1) is 0 Å². The Morgan fingerprint density at radius 1 is 1.32 bits per heavy atom. The Bertz CT molecular complexity index is 430. The molecule has 3 atom stereocenters. The zero-order chi connectivity index (χ0) is 13.4. The monoisotopic (exact) mass is 263 g/mol. The van der Waals surface area contributed by atoms with Gasteiger partial charge in [0, 0.05) is 24.2 Å². The van der Waals surface area contributed by atoms with Gasteiger partial charge in [-0.1, -0.05) is 13.8 Å². The van der Waals surface area contributed by atoms with Crippen molar-refractivity contribution in [2.24, 2.45) is 0 Å². The molecule has 19 heavy (non-hydrogen) atoms. The van der Waals surface area contributed by atoms with E-state index in [4.69, 9.17) is 0 Å². The number of carbonyl (C=O) groups excluding carboxylic acids is 1. The summed E-state index contributed by atoms with van der Waals surface area (Å²) in [6, 6.07) is 1.73. The molecule has 0 aliphatic carbocycles. The molecule has 6 heteroatoms. The molecule has 2 bridgehead atoms. The summed E-state index contributed by atoms with van der Waals surface area (Å²) in [6.45, 7) is 4.35. The minimum absolute atomic E-state index is 0.0204. The van der Waals surface area contributed by atoms with Gasteiger partial charge in [-0.25, -0.2) is 9.78 Å². The van der Waals surface area contributed by atoms with Gasteiger partial charge in [0.05, 0.1) is 0 Å². The topological polar surface area (TPSA) is 63.1 Å². The maximum atomic E-state index is 12.4. The van der Waals surface area contributed by atoms with Crippen molar-refractivity contribution in [1.82, 2.24) is 25.0 Å². The first-order chi connectivity index (χ1) is 9.15. The largest absolute Gasteiger partial charge is 0.346 e. The van der Waals surface area contributed by atoms with Crippen LogP contribution in [0.3, 0.4) is 0 Å². The van der Waals surface area contributed by atoms with Gasteiger partial charge in [0.25, 0.3) is 0 Å². The molecule has 2 aliphatic rings. The standard InChI is InChI=1S/C13H21N5O/c1-9(2)16-10-5-11-3-4-12(6-10)18(11)13(19)17-8-14-7-15-17/h7-12,16H,3-6H2,1-2H3/t10?,11-,12+. The fourth-order valence-electron chi connectivity index (χ4n) is 3.52. The van der Waals surface area contributed by atoms with E-state index in [0.717, 1.165) is 25.7 Å². The molecule has 3 rings (SSSR count). The lowest BCUT2D eigenvalue weighted by Gasteiger charge is -2.39. The number of hydrogen-bond acceptors (Lipinski definition) is 4. The van der Waals surface area contributed by atoms with Crippen LogP contribution in [-0.2, 0) is 0 Å². The van der Waals surface area contributed by atoms with Gasteiger partial charge >= 0.3 is 6.03 Å². The van der Waals surface area contributed by atoms with Crippen molar-refractivity contribution < 1.29 is 4.79 Å². The molecule has 1 aromatic rings. The second-order valence-electron chi connectivity index (χ2n) is 5.90. The summed E-state index contributed by atoms with van der Waals surface area (Å²) in [5.74, 6) is 0. The van der Waals surface area contributed by atoms with Crippen molar-refractivity contribution in [1.29, 1.82) is 0 Å². The lowest BCUT2D eigenvalue weighted by molar-refractivity contribution is 0.128. The van der Waals surface area contributed by atoms with Crippen molar-refractivity contribution in [3.8, 4) is 0 Å². The van der Waals surface area contributed by atoms with E-state index >= 15 is 0 Å². The third kappa shape index (κ3) is 2.36. The molecule has 1 unspecified atom stereocenters. The Hall–Kier alpha value is -1.43. The van der Waals surface area contributed by atoms with Gasteiger partial charge in [-0.3, -0.25) is 0 Å². The number of carbonyl (C=O) groups is 1. The molecule has 2 saturated heterocycles. The number of nitrogens with one attached hydrogen (secondary N) is 1. The molecule has 1 aromatic heterocycles. The van der Waals surface area contributed by atoms with Gasteiger partial charge in [0.2, 0.25) is 0 Å². The highest BCUT2D eigenvalue weighted by Crippen LogP contribution is 2.36. The molecular weight excluding hydrogens is 242 g/mol.